The van der Waals surface area contributed by atoms with E-state index in [0.29, 0.717) is 12.1 Å². The van der Waals surface area contributed by atoms with Crippen LogP contribution in [0.5, 0.6) is 0 Å². The predicted octanol–water partition coefficient (Wildman–Crippen LogP) is 3.18. The molecule has 2 aromatic rings. The largest absolute Gasteiger partial charge is 0.336 e. The number of nitrogens with zero attached hydrogens (tertiary/aromatic N) is 2. The van der Waals surface area contributed by atoms with E-state index in [9.17, 15) is 4.79 Å². The Morgan fingerprint density at radius 3 is 2.71 bits per heavy atom. The summed E-state index contributed by atoms with van der Waals surface area (Å²) in [5.74, 6) is 0.00509. The fraction of sp³-hybridized carbons (Fsp3) is 0.167. The number of hydrogen-bond donors (Lipinski definition) is 0. The fourth-order valence-corrected chi connectivity index (χ4v) is 2.26. The summed E-state index contributed by atoms with van der Waals surface area (Å²) < 4.78 is 0.969. The van der Waals surface area contributed by atoms with Gasteiger partial charge in [-0.1, -0.05) is 15.9 Å². The van der Waals surface area contributed by atoms with Gasteiger partial charge >= 0.3 is 0 Å². The average Bonchev–Trinajstić information content (AvgIpc) is 2.82. The highest BCUT2D eigenvalue weighted by atomic mass is 79.9. The van der Waals surface area contributed by atoms with E-state index in [2.05, 4.69) is 20.9 Å². The first-order chi connectivity index (χ1) is 8.16. The maximum absolute atomic E-state index is 12.1. The van der Waals surface area contributed by atoms with Crippen molar-refractivity contribution in [2.24, 2.45) is 0 Å². The van der Waals surface area contributed by atoms with Crippen molar-refractivity contribution in [3.63, 3.8) is 0 Å². The van der Waals surface area contributed by atoms with Gasteiger partial charge < -0.3 is 4.90 Å². The van der Waals surface area contributed by atoms with Crippen molar-refractivity contribution in [3.05, 3.63) is 50.9 Å². The van der Waals surface area contributed by atoms with Crippen molar-refractivity contribution in [2.75, 3.05) is 7.05 Å². The zero-order chi connectivity index (χ0) is 12.3. The van der Waals surface area contributed by atoms with Gasteiger partial charge in [-0.25, -0.2) is 4.98 Å². The van der Waals surface area contributed by atoms with Crippen LogP contribution in [0.3, 0.4) is 0 Å². The number of carbonyl (C=O) groups excluding carboxylic acids is 1. The molecule has 0 saturated carbocycles. The van der Waals surface area contributed by atoms with Gasteiger partial charge in [-0.05, 0) is 24.3 Å². The number of benzene rings is 1. The first kappa shape index (κ1) is 12.3. The minimum absolute atomic E-state index is 0.00509. The van der Waals surface area contributed by atoms with Crippen LogP contribution in [0.25, 0.3) is 0 Å². The first-order valence-corrected chi connectivity index (χ1v) is 6.78. The number of rotatable bonds is 3. The molecule has 0 aliphatic heterocycles. The van der Waals surface area contributed by atoms with Crippen LogP contribution in [-0.2, 0) is 6.54 Å². The molecule has 1 heterocycles. The summed E-state index contributed by atoms with van der Waals surface area (Å²) in [4.78, 5) is 17.9. The van der Waals surface area contributed by atoms with Gasteiger partial charge in [-0.15, -0.1) is 11.3 Å². The first-order valence-electron chi connectivity index (χ1n) is 5.05. The van der Waals surface area contributed by atoms with Crippen molar-refractivity contribution in [1.29, 1.82) is 0 Å². The predicted molar refractivity (Wildman–Crippen MR) is 72.1 cm³/mol. The maximum atomic E-state index is 12.1. The average molecular weight is 311 g/mol. The molecule has 0 radical (unpaired) electrons. The smallest absolute Gasteiger partial charge is 0.253 e. The van der Waals surface area contributed by atoms with Crippen LogP contribution >= 0.6 is 27.3 Å². The molecule has 5 heteroatoms. The fourth-order valence-electron chi connectivity index (χ4n) is 1.44. The molecule has 3 nitrogen and oxygen atoms in total. The molecule has 17 heavy (non-hydrogen) atoms. The minimum atomic E-state index is 0.00509. The zero-order valence-corrected chi connectivity index (χ0v) is 11.7. The number of carbonyl (C=O) groups is 1. The van der Waals surface area contributed by atoms with Crippen LogP contribution in [-0.4, -0.2) is 22.8 Å². The van der Waals surface area contributed by atoms with Crippen LogP contribution in [0, 0.1) is 0 Å². The van der Waals surface area contributed by atoms with Gasteiger partial charge in [0.25, 0.3) is 5.91 Å². The Hall–Kier alpha value is -1.20. The monoisotopic (exact) mass is 310 g/mol. The van der Waals surface area contributed by atoms with Crippen molar-refractivity contribution in [2.45, 2.75) is 6.54 Å². The Labute approximate surface area is 112 Å². The van der Waals surface area contributed by atoms with Crippen molar-refractivity contribution in [3.8, 4) is 0 Å². The molecule has 0 aliphatic carbocycles. The van der Waals surface area contributed by atoms with Gasteiger partial charge in [-0.3, -0.25) is 4.79 Å². The van der Waals surface area contributed by atoms with E-state index in [1.54, 1.807) is 17.5 Å². The lowest BCUT2D eigenvalue weighted by Crippen LogP contribution is -2.26. The van der Waals surface area contributed by atoms with Gasteiger partial charge in [0, 0.05) is 22.5 Å². The number of hydrogen-bond acceptors (Lipinski definition) is 3. The van der Waals surface area contributed by atoms with Gasteiger partial charge in [0.1, 0.15) is 0 Å². The summed E-state index contributed by atoms with van der Waals surface area (Å²) in [6, 6.07) is 7.35. The summed E-state index contributed by atoms with van der Waals surface area (Å²) in [5, 5.41) is 1.95. The normalized spacial score (nSPS) is 10.2. The third-order valence-electron chi connectivity index (χ3n) is 2.32. The lowest BCUT2D eigenvalue weighted by molar-refractivity contribution is 0.0783. The van der Waals surface area contributed by atoms with E-state index in [-0.39, 0.29) is 5.91 Å². The number of thiazole rings is 1. The third kappa shape index (κ3) is 3.14. The Morgan fingerprint density at radius 2 is 2.12 bits per heavy atom. The molecule has 0 spiro atoms. The van der Waals surface area contributed by atoms with E-state index in [4.69, 9.17) is 0 Å². The highest BCUT2D eigenvalue weighted by Crippen LogP contribution is 2.13. The molecule has 88 valence electrons. The Kier molecular flexibility index (Phi) is 3.91. The van der Waals surface area contributed by atoms with Gasteiger partial charge in [0.05, 0.1) is 17.7 Å². The van der Waals surface area contributed by atoms with Gasteiger partial charge in [0.2, 0.25) is 0 Å². The third-order valence-corrected chi connectivity index (χ3v) is 3.48. The zero-order valence-electron chi connectivity index (χ0n) is 9.26. The van der Waals surface area contributed by atoms with Crippen molar-refractivity contribution < 1.29 is 4.79 Å². The second-order valence-electron chi connectivity index (χ2n) is 3.65. The van der Waals surface area contributed by atoms with E-state index in [1.165, 1.54) is 11.3 Å². The van der Waals surface area contributed by atoms with E-state index in [0.717, 1.165) is 10.2 Å². The topological polar surface area (TPSA) is 33.2 Å². The van der Waals surface area contributed by atoms with Crippen LogP contribution < -0.4 is 0 Å². The molecule has 1 aromatic carbocycles. The summed E-state index contributed by atoms with van der Waals surface area (Å²) in [6.45, 7) is 0.540. The van der Waals surface area contributed by atoms with Gasteiger partial charge in [-0.2, -0.15) is 0 Å². The quantitative estimate of drug-likeness (QED) is 0.872. The van der Waals surface area contributed by atoms with E-state index < -0.39 is 0 Å². The molecule has 2 rings (SSSR count). The molecule has 0 bridgehead atoms. The van der Waals surface area contributed by atoms with Crippen molar-refractivity contribution in [1.82, 2.24) is 9.88 Å². The van der Waals surface area contributed by atoms with E-state index in [1.807, 2.05) is 29.6 Å². The second-order valence-corrected chi connectivity index (χ2v) is 5.28. The van der Waals surface area contributed by atoms with E-state index >= 15 is 0 Å². The Balaban J connectivity index is 2.07. The van der Waals surface area contributed by atoms with Crippen LogP contribution in [0.4, 0.5) is 0 Å². The molecule has 0 atom stereocenters. The second kappa shape index (κ2) is 5.42. The van der Waals surface area contributed by atoms with Crippen LogP contribution in [0.15, 0.2) is 39.6 Å². The lowest BCUT2D eigenvalue weighted by atomic mass is 10.2. The molecule has 0 fully saturated rings. The highest BCUT2D eigenvalue weighted by Gasteiger charge is 2.12. The van der Waals surface area contributed by atoms with Crippen molar-refractivity contribution >= 4 is 33.2 Å². The number of amides is 1. The molecule has 0 aliphatic rings. The minimum Gasteiger partial charge on any atom is -0.336 e. The molecular formula is C12H11BrN2OS. The van der Waals surface area contributed by atoms with Crippen LogP contribution in [0.1, 0.15) is 16.1 Å². The number of aromatic nitrogens is 1. The summed E-state index contributed by atoms with van der Waals surface area (Å²) in [6.07, 6.45) is 0. The summed E-state index contributed by atoms with van der Waals surface area (Å²) in [5.41, 5.74) is 3.38. The van der Waals surface area contributed by atoms with Crippen LogP contribution in [0.2, 0.25) is 0 Å². The summed E-state index contributed by atoms with van der Waals surface area (Å²) in [7, 11) is 1.78. The highest BCUT2D eigenvalue weighted by molar-refractivity contribution is 9.10. The van der Waals surface area contributed by atoms with Gasteiger partial charge in [0.15, 0.2) is 0 Å². The molecule has 0 saturated heterocycles. The molecule has 0 N–H and O–H groups in total. The maximum Gasteiger partial charge on any atom is 0.253 e. The number of halogens is 1. The molecular weight excluding hydrogens is 300 g/mol. The molecule has 1 aromatic heterocycles. The summed E-state index contributed by atoms with van der Waals surface area (Å²) >= 11 is 4.88. The lowest BCUT2D eigenvalue weighted by Gasteiger charge is -2.15. The molecule has 0 unspecified atom stereocenters. The standard InChI is InChI=1S/C12H11BrN2OS/c1-15(6-11-7-17-8-14-11)12(16)9-2-4-10(13)5-3-9/h2-5,7-8H,6H2,1H3. The SMILES string of the molecule is CN(Cc1cscn1)C(=O)c1ccc(Br)cc1. The Morgan fingerprint density at radius 1 is 1.41 bits per heavy atom. The Bertz CT molecular complexity index is 496. The molecule has 1 amide bonds.